The maximum Gasteiger partial charge on any atom is 0.325 e. The van der Waals surface area contributed by atoms with Gasteiger partial charge in [0.2, 0.25) is 5.91 Å². The first-order valence-corrected chi connectivity index (χ1v) is 8.15. The molecule has 2 aromatic carbocycles. The molecule has 1 aliphatic rings. The number of benzene rings is 2. The van der Waals surface area contributed by atoms with Crippen LogP contribution >= 0.6 is 0 Å². The maximum atomic E-state index is 12.7. The van der Waals surface area contributed by atoms with Gasteiger partial charge in [-0.25, -0.2) is 9.69 Å². The molecular weight excluding hydrogens is 334 g/mol. The van der Waals surface area contributed by atoms with E-state index in [1.54, 1.807) is 48.5 Å². The van der Waals surface area contributed by atoms with Crippen molar-refractivity contribution in [1.82, 2.24) is 10.2 Å². The summed E-state index contributed by atoms with van der Waals surface area (Å²) in [6.45, 7) is 1.51. The minimum absolute atomic E-state index is 0.455. The van der Waals surface area contributed by atoms with E-state index in [4.69, 9.17) is 4.74 Å². The smallest absolute Gasteiger partial charge is 0.325 e. The summed E-state index contributed by atoms with van der Waals surface area (Å²) in [7, 11) is 1.50. The van der Waals surface area contributed by atoms with E-state index in [2.05, 4.69) is 10.6 Å². The molecule has 134 valence electrons. The van der Waals surface area contributed by atoms with Crippen molar-refractivity contribution in [3.8, 4) is 5.75 Å². The highest BCUT2D eigenvalue weighted by Crippen LogP contribution is 2.26. The molecule has 4 amide bonds. The lowest BCUT2D eigenvalue weighted by atomic mass is 10.1. The fourth-order valence-corrected chi connectivity index (χ4v) is 2.83. The molecular formula is C19H19N3O4. The van der Waals surface area contributed by atoms with Gasteiger partial charge in [-0.2, -0.15) is 0 Å². The van der Waals surface area contributed by atoms with Crippen LogP contribution in [-0.4, -0.2) is 35.9 Å². The summed E-state index contributed by atoms with van der Waals surface area (Å²) in [6, 6.07) is 13.5. The summed E-state index contributed by atoms with van der Waals surface area (Å²) in [6.07, 6.45) is 0. The normalized spacial score (nSPS) is 17.6. The quantitative estimate of drug-likeness (QED) is 0.808. The summed E-state index contributed by atoms with van der Waals surface area (Å²) >= 11 is 0. The van der Waals surface area contributed by atoms with Crippen molar-refractivity contribution in [2.24, 2.45) is 0 Å². The Labute approximate surface area is 150 Å². The molecule has 2 aromatic rings. The van der Waals surface area contributed by atoms with Gasteiger partial charge in [0.1, 0.15) is 17.8 Å². The number of hydrogen-bond acceptors (Lipinski definition) is 4. The van der Waals surface area contributed by atoms with Crippen molar-refractivity contribution < 1.29 is 19.1 Å². The van der Waals surface area contributed by atoms with Gasteiger partial charge >= 0.3 is 6.03 Å². The number of carbonyl (C=O) groups excluding carboxylic acids is 3. The van der Waals surface area contributed by atoms with Gasteiger partial charge in [0.25, 0.3) is 5.91 Å². The van der Waals surface area contributed by atoms with Gasteiger partial charge in [0.15, 0.2) is 0 Å². The summed E-state index contributed by atoms with van der Waals surface area (Å²) in [5.74, 6) is -0.442. The predicted octanol–water partition coefficient (Wildman–Crippen LogP) is 2.32. The van der Waals surface area contributed by atoms with E-state index in [9.17, 15) is 14.4 Å². The Kier molecular flexibility index (Phi) is 4.88. The van der Waals surface area contributed by atoms with Gasteiger partial charge in [0.05, 0.1) is 12.8 Å². The van der Waals surface area contributed by atoms with Crippen molar-refractivity contribution in [3.63, 3.8) is 0 Å². The Balaban J connectivity index is 1.76. The molecule has 0 spiro atoms. The third-order valence-corrected chi connectivity index (χ3v) is 4.24. The van der Waals surface area contributed by atoms with Crippen LogP contribution in [0.15, 0.2) is 54.6 Å². The van der Waals surface area contributed by atoms with Crippen LogP contribution in [0.25, 0.3) is 0 Å². The van der Waals surface area contributed by atoms with Crippen molar-refractivity contribution in [1.29, 1.82) is 0 Å². The number of rotatable bonds is 5. The van der Waals surface area contributed by atoms with Crippen LogP contribution in [0.1, 0.15) is 18.5 Å². The molecule has 2 N–H and O–H groups in total. The number of nitrogens with one attached hydrogen (secondary N) is 2. The summed E-state index contributed by atoms with van der Waals surface area (Å²) in [5, 5.41) is 5.32. The second kappa shape index (κ2) is 7.26. The second-order valence-corrected chi connectivity index (χ2v) is 5.87. The standard InChI is InChI=1S/C19H19N3O4/c1-12(17(23)20-14-10-6-7-11-15(14)26-2)22-18(24)16(21-19(22)25)13-8-4-3-5-9-13/h3-12,16H,1-2H3,(H,20,23)(H,21,25). The lowest BCUT2D eigenvalue weighted by Gasteiger charge is -2.21. The molecule has 2 atom stereocenters. The van der Waals surface area contributed by atoms with Crippen LogP contribution < -0.4 is 15.4 Å². The van der Waals surface area contributed by atoms with E-state index in [0.717, 1.165) is 4.90 Å². The zero-order valence-electron chi connectivity index (χ0n) is 14.4. The third-order valence-electron chi connectivity index (χ3n) is 4.24. The lowest BCUT2D eigenvalue weighted by molar-refractivity contribution is -0.133. The number of methoxy groups -OCH3 is 1. The molecule has 1 saturated heterocycles. The number of ether oxygens (including phenoxy) is 1. The molecule has 0 bridgehead atoms. The number of nitrogens with zero attached hydrogens (tertiary/aromatic N) is 1. The molecule has 0 aromatic heterocycles. The van der Waals surface area contributed by atoms with Gasteiger partial charge in [-0.3, -0.25) is 9.59 Å². The first-order chi connectivity index (χ1) is 12.5. The van der Waals surface area contributed by atoms with E-state index in [0.29, 0.717) is 17.0 Å². The zero-order valence-corrected chi connectivity index (χ0v) is 14.4. The fraction of sp³-hybridized carbons (Fsp3) is 0.211. The molecule has 1 heterocycles. The Morgan fingerprint density at radius 2 is 1.77 bits per heavy atom. The van der Waals surface area contributed by atoms with Gasteiger partial charge < -0.3 is 15.4 Å². The molecule has 7 nitrogen and oxygen atoms in total. The van der Waals surface area contributed by atoms with E-state index < -0.39 is 29.9 Å². The highest BCUT2D eigenvalue weighted by molar-refractivity contribution is 6.09. The number of hydrogen-bond donors (Lipinski definition) is 2. The van der Waals surface area contributed by atoms with Gasteiger partial charge in [-0.05, 0) is 24.6 Å². The molecule has 1 aliphatic heterocycles. The SMILES string of the molecule is COc1ccccc1NC(=O)C(C)N1C(=O)NC(c2ccccc2)C1=O. The molecule has 7 heteroatoms. The summed E-state index contributed by atoms with van der Waals surface area (Å²) in [5.41, 5.74) is 1.14. The number of carbonyl (C=O) groups is 3. The van der Waals surface area contributed by atoms with E-state index in [-0.39, 0.29) is 0 Å². The van der Waals surface area contributed by atoms with Crippen LogP contribution in [-0.2, 0) is 9.59 Å². The Hall–Kier alpha value is -3.35. The van der Waals surface area contributed by atoms with Crippen LogP contribution in [0.2, 0.25) is 0 Å². The second-order valence-electron chi connectivity index (χ2n) is 5.87. The molecule has 0 aliphatic carbocycles. The van der Waals surface area contributed by atoms with E-state index >= 15 is 0 Å². The Bertz CT molecular complexity index is 838. The van der Waals surface area contributed by atoms with Crippen LogP contribution in [0.5, 0.6) is 5.75 Å². The molecule has 3 rings (SSSR count). The van der Waals surface area contributed by atoms with Crippen molar-refractivity contribution in [2.45, 2.75) is 19.0 Å². The number of anilines is 1. The van der Waals surface area contributed by atoms with Crippen LogP contribution in [0, 0.1) is 0 Å². The number of para-hydroxylation sites is 2. The summed E-state index contributed by atoms with van der Waals surface area (Å²) < 4.78 is 5.19. The monoisotopic (exact) mass is 353 g/mol. The van der Waals surface area contributed by atoms with Gasteiger partial charge in [-0.1, -0.05) is 42.5 Å². The zero-order chi connectivity index (χ0) is 18.7. The third kappa shape index (κ3) is 3.23. The van der Waals surface area contributed by atoms with E-state index in [1.165, 1.54) is 14.0 Å². The topological polar surface area (TPSA) is 87.7 Å². The molecule has 0 radical (unpaired) electrons. The van der Waals surface area contributed by atoms with E-state index in [1.807, 2.05) is 6.07 Å². The van der Waals surface area contributed by atoms with Crippen molar-refractivity contribution in [3.05, 3.63) is 60.2 Å². The minimum atomic E-state index is -0.971. The average Bonchev–Trinajstić information content (AvgIpc) is 2.96. The predicted molar refractivity (Wildman–Crippen MR) is 95.6 cm³/mol. The molecule has 1 fully saturated rings. The molecule has 26 heavy (non-hydrogen) atoms. The fourth-order valence-electron chi connectivity index (χ4n) is 2.83. The highest BCUT2D eigenvalue weighted by atomic mass is 16.5. The average molecular weight is 353 g/mol. The van der Waals surface area contributed by atoms with Gasteiger partial charge in [-0.15, -0.1) is 0 Å². The molecule has 0 saturated carbocycles. The lowest BCUT2D eigenvalue weighted by Crippen LogP contribution is -2.45. The van der Waals surface area contributed by atoms with Crippen molar-refractivity contribution >= 4 is 23.5 Å². The summed E-state index contributed by atoms with van der Waals surface area (Å²) in [4.78, 5) is 38.5. The highest BCUT2D eigenvalue weighted by Gasteiger charge is 2.43. The first kappa shape index (κ1) is 17.5. The van der Waals surface area contributed by atoms with Crippen molar-refractivity contribution in [2.75, 3.05) is 12.4 Å². The first-order valence-electron chi connectivity index (χ1n) is 8.15. The van der Waals surface area contributed by atoms with Crippen LogP contribution in [0.3, 0.4) is 0 Å². The minimum Gasteiger partial charge on any atom is -0.495 e. The number of urea groups is 1. The largest absolute Gasteiger partial charge is 0.495 e. The Morgan fingerprint density at radius 1 is 1.12 bits per heavy atom. The molecule has 2 unspecified atom stereocenters. The number of imide groups is 1. The number of amides is 4. The van der Waals surface area contributed by atoms with Gasteiger partial charge in [0, 0.05) is 0 Å². The van der Waals surface area contributed by atoms with Crippen LogP contribution in [0.4, 0.5) is 10.5 Å². The maximum absolute atomic E-state index is 12.7. The Morgan fingerprint density at radius 3 is 2.46 bits per heavy atom.